The number of nitrogens with zero attached hydrogens (tertiary/aromatic N) is 5. The number of ketones is 1. The Morgan fingerprint density at radius 3 is 2.00 bits per heavy atom. The number of hydrogen-bond acceptors (Lipinski definition) is 12. The van der Waals surface area contributed by atoms with Crippen molar-refractivity contribution in [1.82, 2.24) is 15.2 Å². The van der Waals surface area contributed by atoms with Crippen molar-refractivity contribution in [2.45, 2.75) is 0 Å². The van der Waals surface area contributed by atoms with E-state index in [0.29, 0.717) is 21.3 Å². The van der Waals surface area contributed by atoms with Crippen LogP contribution in [-0.4, -0.2) is 39.3 Å². The molecule has 14 nitrogen and oxygen atoms in total. The van der Waals surface area contributed by atoms with Crippen molar-refractivity contribution in [3.05, 3.63) is 62.1 Å². The summed E-state index contributed by atoms with van der Waals surface area (Å²) in [6.07, 6.45) is 0. The number of benzene rings is 2. The molecule has 0 atom stereocenters. The summed E-state index contributed by atoms with van der Waals surface area (Å²) in [5, 5.41) is 30.0. The van der Waals surface area contributed by atoms with Gasteiger partial charge in [-0.3, -0.25) is 4.79 Å². The zero-order chi connectivity index (χ0) is 28.5. The predicted molar refractivity (Wildman–Crippen MR) is 141 cm³/mol. The van der Waals surface area contributed by atoms with E-state index in [4.69, 9.17) is 79.9 Å². The van der Waals surface area contributed by atoms with Crippen LogP contribution >= 0.6 is 46.4 Å². The third kappa shape index (κ3) is 11.7. The van der Waals surface area contributed by atoms with E-state index in [0.717, 1.165) is 0 Å². The third-order valence-corrected chi connectivity index (χ3v) is 5.10. The lowest BCUT2D eigenvalue weighted by Crippen LogP contribution is -2.23. The van der Waals surface area contributed by atoms with Crippen LogP contribution in [0.1, 0.15) is 10.4 Å². The third-order valence-electron chi connectivity index (χ3n) is 3.46. The molecule has 0 bridgehead atoms. The number of nitrogens with two attached hydrogens (primary N) is 5. The molecule has 18 heteroatoms. The summed E-state index contributed by atoms with van der Waals surface area (Å²) in [6.45, 7) is 0. The molecule has 2 aromatic carbocycles. The Labute approximate surface area is 230 Å². The zero-order valence-electron chi connectivity index (χ0n) is 18.8. The topological polar surface area (TPSA) is 261 Å². The van der Waals surface area contributed by atoms with E-state index in [2.05, 4.69) is 36.1 Å². The van der Waals surface area contributed by atoms with Gasteiger partial charge in [0.25, 0.3) is 5.78 Å². The van der Waals surface area contributed by atoms with E-state index in [1.165, 1.54) is 19.2 Å². The van der Waals surface area contributed by atoms with Crippen molar-refractivity contribution in [2.24, 2.45) is 22.4 Å². The van der Waals surface area contributed by atoms with Crippen molar-refractivity contribution in [3.63, 3.8) is 0 Å². The number of anilines is 2. The molecule has 0 amide bonds. The molecule has 0 aliphatic carbocycles. The highest BCUT2D eigenvalue weighted by Crippen LogP contribution is 2.34. The van der Waals surface area contributed by atoms with Gasteiger partial charge in [-0.25, -0.2) is 10.1 Å². The van der Waals surface area contributed by atoms with Crippen molar-refractivity contribution < 1.29 is 20.0 Å². The summed E-state index contributed by atoms with van der Waals surface area (Å²) < 4.78 is 0. The molecule has 0 unspecified atom stereocenters. The Morgan fingerprint density at radius 2 is 1.54 bits per heavy atom. The maximum absolute atomic E-state index is 10.9. The Bertz CT molecular complexity index is 1250. The summed E-state index contributed by atoms with van der Waals surface area (Å²) in [7, 11) is 1.21. The molecule has 3 rings (SSSR count). The number of rotatable bonds is 3. The fourth-order valence-corrected chi connectivity index (χ4v) is 2.75. The van der Waals surface area contributed by atoms with Crippen LogP contribution in [-0.2, 0) is 9.93 Å². The van der Waals surface area contributed by atoms with Crippen LogP contribution in [0.25, 0.3) is 11.3 Å². The second-order valence-electron chi connectivity index (χ2n) is 5.84. The van der Waals surface area contributed by atoms with E-state index < -0.39 is 5.78 Å². The van der Waals surface area contributed by atoms with Gasteiger partial charge in [0.2, 0.25) is 11.9 Å². The van der Waals surface area contributed by atoms with Crippen molar-refractivity contribution in [3.8, 4) is 17.3 Å². The molecule has 1 heterocycles. The molecule has 0 saturated heterocycles. The SMILES string of the molecule is COOO.N#CC(=O)c1cccc(Cl)c1Cl.NN=C(N)N.Nc1nnc(-c2cccc(Cl)c2Cl)c(N)n1. The molecular formula is C19H20Cl4N10O4. The minimum absolute atomic E-state index is 0.0133. The molecule has 0 fully saturated rings. The highest BCUT2D eigenvalue weighted by atomic mass is 35.5. The van der Waals surface area contributed by atoms with E-state index in [1.54, 1.807) is 30.3 Å². The monoisotopic (exact) mass is 592 g/mol. The first-order valence-corrected chi connectivity index (χ1v) is 10.7. The number of guanidine groups is 1. The van der Waals surface area contributed by atoms with Crippen LogP contribution < -0.4 is 28.8 Å². The fraction of sp³-hybridized carbons (Fsp3) is 0.0526. The zero-order valence-corrected chi connectivity index (χ0v) is 21.8. The van der Waals surface area contributed by atoms with Gasteiger partial charge in [0.15, 0.2) is 5.82 Å². The van der Waals surface area contributed by atoms with Gasteiger partial charge in [-0.05, 0) is 18.2 Å². The summed E-state index contributed by atoms with van der Waals surface area (Å²) in [6, 6.07) is 11.2. The standard InChI is InChI=1S/C9H7Cl2N5.C8H3Cl2NO.CH6N4.CH4O3/c10-5-3-1-2-4(6(5)11)7-8(12)14-9(13)16-15-7;9-6-3-1-2-5(8(6)10)7(12)4-11;2-1(3)5-4;1-3-4-2/h1-3H,(H4,12,13,14,16);1-3H;4H2,(H4,2,3,5);2H,1H3. The van der Waals surface area contributed by atoms with Gasteiger partial charge >= 0.3 is 0 Å². The fourth-order valence-electron chi connectivity index (χ4n) is 1.97. The van der Waals surface area contributed by atoms with Crippen LogP contribution in [0.3, 0.4) is 0 Å². The number of carbonyl (C=O) groups excluding carboxylic acids is 1. The molecule has 0 radical (unpaired) electrons. The average Bonchev–Trinajstić information content (AvgIpc) is 2.88. The molecule has 1 aromatic heterocycles. The Morgan fingerprint density at radius 1 is 1.03 bits per heavy atom. The molecule has 198 valence electrons. The Balaban J connectivity index is 0.000000542. The molecule has 11 N–H and O–H groups in total. The number of halogens is 4. The van der Waals surface area contributed by atoms with Crippen molar-refractivity contribution in [2.75, 3.05) is 18.6 Å². The second-order valence-corrected chi connectivity index (χ2v) is 7.41. The second kappa shape index (κ2) is 17.7. The minimum atomic E-state index is -0.678. The number of nitriles is 1. The molecule has 3 aromatic rings. The van der Waals surface area contributed by atoms with Gasteiger partial charge in [-0.1, -0.05) is 69.6 Å². The smallest absolute Gasteiger partial charge is 0.263 e. The largest absolute Gasteiger partial charge is 0.382 e. The highest BCUT2D eigenvalue weighted by Gasteiger charge is 2.13. The van der Waals surface area contributed by atoms with E-state index in [1.807, 2.05) is 0 Å². The highest BCUT2D eigenvalue weighted by molar-refractivity contribution is 6.44. The predicted octanol–water partition coefficient (Wildman–Crippen LogP) is 2.88. The number of aromatic nitrogens is 3. The molecule has 37 heavy (non-hydrogen) atoms. The van der Waals surface area contributed by atoms with E-state index in [9.17, 15) is 4.79 Å². The normalized spacial score (nSPS) is 9.11. The van der Waals surface area contributed by atoms with Crippen LogP contribution in [0.4, 0.5) is 11.8 Å². The average molecular weight is 594 g/mol. The minimum Gasteiger partial charge on any atom is -0.382 e. The number of Topliss-reactive ketones (excluding diaryl/α,β-unsaturated/α-hetero) is 1. The summed E-state index contributed by atoms with van der Waals surface area (Å²) in [4.78, 5) is 18.3. The lowest BCUT2D eigenvalue weighted by Gasteiger charge is -2.06. The van der Waals surface area contributed by atoms with Crippen LogP contribution in [0, 0.1) is 11.3 Å². The van der Waals surface area contributed by atoms with E-state index in [-0.39, 0.29) is 33.3 Å². The van der Waals surface area contributed by atoms with Crippen LogP contribution in [0.5, 0.6) is 0 Å². The molecule has 0 aliphatic heterocycles. The lowest BCUT2D eigenvalue weighted by molar-refractivity contribution is -0.479. The van der Waals surface area contributed by atoms with Crippen molar-refractivity contribution in [1.29, 1.82) is 5.26 Å². The molecule has 0 saturated carbocycles. The summed E-state index contributed by atoms with van der Waals surface area (Å²) >= 11 is 23.2. The number of hydrazone groups is 1. The van der Waals surface area contributed by atoms with Crippen molar-refractivity contribution >= 4 is 69.9 Å². The summed E-state index contributed by atoms with van der Waals surface area (Å²) in [5.41, 5.74) is 21.5. The van der Waals surface area contributed by atoms with Crippen LogP contribution in [0.15, 0.2) is 41.5 Å². The number of nitrogen functional groups attached to an aromatic ring is 2. The first-order chi connectivity index (χ1) is 17.4. The van der Waals surface area contributed by atoms with Gasteiger partial charge in [0.05, 0.1) is 32.8 Å². The van der Waals surface area contributed by atoms with Crippen LogP contribution in [0.2, 0.25) is 20.1 Å². The lowest BCUT2D eigenvalue weighted by atomic mass is 10.1. The number of carbonyl (C=O) groups is 1. The molecular weight excluding hydrogens is 574 g/mol. The number of hydrogen-bond donors (Lipinski definition) is 6. The first kappa shape index (κ1) is 33.3. The maximum Gasteiger partial charge on any atom is 0.263 e. The van der Waals surface area contributed by atoms with Gasteiger partial charge in [-0.15, -0.1) is 15.3 Å². The van der Waals surface area contributed by atoms with Gasteiger partial charge in [0.1, 0.15) is 11.8 Å². The first-order valence-electron chi connectivity index (χ1n) is 9.16. The van der Waals surface area contributed by atoms with Gasteiger partial charge < -0.3 is 28.8 Å². The van der Waals surface area contributed by atoms with Gasteiger partial charge in [-0.2, -0.15) is 10.2 Å². The quantitative estimate of drug-likeness (QED) is 0.0485. The Kier molecular flexibility index (Phi) is 15.9. The Hall–Kier alpha value is -3.68. The maximum atomic E-state index is 10.9. The van der Waals surface area contributed by atoms with Gasteiger partial charge in [0, 0.05) is 5.56 Å². The molecule has 0 aliphatic rings. The van der Waals surface area contributed by atoms with E-state index >= 15 is 0 Å². The molecule has 0 spiro atoms. The summed E-state index contributed by atoms with van der Waals surface area (Å²) in [5.74, 6) is 3.92.